The van der Waals surface area contributed by atoms with E-state index in [1.165, 1.54) is 18.2 Å². The zero-order chi connectivity index (χ0) is 29.0. The third-order valence-corrected chi connectivity index (χ3v) is 4.66. The topological polar surface area (TPSA) is 182 Å². The van der Waals surface area contributed by atoms with Gasteiger partial charge in [-0.05, 0) is 37.1 Å². The van der Waals surface area contributed by atoms with Gasteiger partial charge in [0, 0.05) is 30.7 Å². The van der Waals surface area contributed by atoms with Gasteiger partial charge in [-0.3, -0.25) is 14.4 Å². The largest absolute Gasteiger partial charge is 0.482 e. The van der Waals surface area contributed by atoms with Crippen molar-refractivity contribution >= 4 is 47.7 Å². The van der Waals surface area contributed by atoms with Crippen LogP contribution in [0.4, 0.5) is 11.4 Å². The summed E-state index contributed by atoms with van der Waals surface area (Å²) in [6, 6.07) is 12.4. The van der Waals surface area contributed by atoms with Gasteiger partial charge >= 0.3 is 23.9 Å². The van der Waals surface area contributed by atoms with Crippen LogP contribution in [-0.4, -0.2) is 63.2 Å². The molecule has 212 valence electrons. The molecule has 0 fully saturated rings. The van der Waals surface area contributed by atoms with E-state index < -0.39 is 50.7 Å². The van der Waals surface area contributed by atoms with Crippen LogP contribution in [0.25, 0.3) is 0 Å². The van der Waals surface area contributed by atoms with E-state index in [1.54, 1.807) is 36.4 Å². The summed E-state index contributed by atoms with van der Waals surface area (Å²) in [5.41, 5.74) is 0.794. The number of amides is 1. The Morgan fingerprint density at radius 3 is 1.82 bits per heavy atom. The Hall–Kier alpha value is -5.23. The van der Waals surface area contributed by atoms with Crippen molar-refractivity contribution in [1.29, 1.82) is 0 Å². The zero-order valence-electron chi connectivity index (χ0n) is 21.2. The van der Waals surface area contributed by atoms with Crippen LogP contribution in [0.15, 0.2) is 53.5 Å². The highest BCUT2D eigenvalue weighted by Gasteiger charge is 2.10. The van der Waals surface area contributed by atoms with E-state index in [4.69, 9.17) is 28.4 Å². The maximum atomic E-state index is 11.7. The Balaban J connectivity index is 1.47. The van der Waals surface area contributed by atoms with Gasteiger partial charge in [0.05, 0.1) is 5.69 Å². The number of esters is 4. The predicted octanol–water partition coefficient (Wildman–Crippen LogP) is 2.33. The molecule has 40 heavy (non-hydrogen) atoms. The quantitative estimate of drug-likeness (QED) is 0.0705. The SMILES string of the molecule is O=C=Nc1cccc(OCC(=O)OCOC(=O)CCCCC(=O)OCOC(=O)COc2cccc(NC=O)c2)c1. The Bertz CT molecular complexity index is 1210. The summed E-state index contributed by atoms with van der Waals surface area (Å²) in [6.07, 6.45) is 2.45. The lowest BCUT2D eigenvalue weighted by atomic mass is 10.2. The van der Waals surface area contributed by atoms with Crippen LogP contribution >= 0.6 is 0 Å². The van der Waals surface area contributed by atoms with E-state index in [9.17, 15) is 28.8 Å². The molecule has 0 bridgehead atoms. The molecule has 2 aromatic carbocycles. The molecule has 0 aliphatic heterocycles. The third kappa shape index (κ3) is 13.4. The first-order chi connectivity index (χ1) is 19.4. The summed E-state index contributed by atoms with van der Waals surface area (Å²) < 4.78 is 29.5. The number of nitrogens with zero attached hydrogens (tertiary/aromatic N) is 1. The zero-order valence-corrected chi connectivity index (χ0v) is 21.2. The second-order valence-electron chi connectivity index (χ2n) is 7.58. The number of unbranched alkanes of at least 4 members (excludes halogenated alkanes) is 1. The number of ether oxygens (including phenoxy) is 6. The molecule has 0 radical (unpaired) electrons. The molecule has 0 heterocycles. The number of isocyanates is 1. The molecule has 0 aliphatic carbocycles. The number of carbonyl (C=O) groups is 5. The second kappa shape index (κ2) is 18.1. The highest BCUT2D eigenvalue weighted by Crippen LogP contribution is 2.19. The first kappa shape index (κ1) is 31.0. The number of hydrogen-bond acceptors (Lipinski definition) is 13. The maximum absolute atomic E-state index is 11.7. The lowest BCUT2D eigenvalue weighted by Crippen LogP contribution is -2.18. The van der Waals surface area contributed by atoms with Gasteiger partial charge in [0.2, 0.25) is 26.1 Å². The molecule has 0 unspecified atom stereocenters. The number of benzene rings is 2. The van der Waals surface area contributed by atoms with Crippen molar-refractivity contribution in [3.05, 3.63) is 48.5 Å². The molecule has 0 aromatic heterocycles. The van der Waals surface area contributed by atoms with Gasteiger partial charge in [0.25, 0.3) is 0 Å². The van der Waals surface area contributed by atoms with Gasteiger partial charge in [-0.1, -0.05) is 12.1 Å². The summed E-state index contributed by atoms with van der Waals surface area (Å²) in [5.74, 6) is -2.21. The van der Waals surface area contributed by atoms with Crippen LogP contribution < -0.4 is 14.8 Å². The van der Waals surface area contributed by atoms with Gasteiger partial charge < -0.3 is 33.7 Å². The first-order valence-electron chi connectivity index (χ1n) is 11.8. The van der Waals surface area contributed by atoms with E-state index in [0.717, 1.165) is 0 Å². The molecule has 0 saturated carbocycles. The minimum atomic E-state index is -0.784. The number of carbonyl (C=O) groups excluding carboxylic acids is 6. The molecule has 1 N–H and O–H groups in total. The van der Waals surface area contributed by atoms with Crippen molar-refractivity contribution in [3.8, 4) is 11.5 Å². The van der Waals surface area contributed by atoms with E-state index in [0.29, 0.717) is 36.4 Å². The monoisotopic (exact) mass is 558 g/mol. The summed E-state index contributed by atoms with van der Waals surface area (Å²) in [4.78, 5) is 71.0. The molecule has 1 amide bonds. The molecular weight excluding hydrogens is 532 g/mol. The van der Waals surface area contributed by atoms with Crippen molar-refractivity contribution in [2.24, 2.45) is 4.99 Å². The molecule has 14 nitrogen and oxygen atoms in total. The number of rotatable bonds is 18. The predicted molar refractivity (Wildman–Crippen MR) is 134 cm³/mol. The van der Waals surface area contributed by atoms with E-state index in [1.807, 2.05) is 0 Å². The van der Waals surface area contributed by atoms with Crippen molar-refractivity contribution in [2.45, 2.75) is 25.7 Å². The summed E-state index contributed by atoms with van der Waals surface area (Å²) in [7, 11) is 0. The summed E-state index contributed by atoms with van der Waals surface area (Å²) in [5, 5.41) is 2.44. The summed E-state index contributed by atoms with van der Waals surface area (Å²) >= 11 is 0. The Morgan fingerprint density at radius 2 is 1.27 bits per heavy atom. The number of aliphatic imine (C=N–C) groups is 1. The molecule has 0 atom stereocenters. The van der Waals surface area contributed by atoms with Gasteiger partial charge in [-0.15, -0.1) is 0 Å². The molecule has 2 rings (SSSR count). The average Bonchev–Trinajstić information content (AvgIpc) is 2.94. The van der Waals surface area contributed by atoms with Crippen molar-refractivity contribution in [1.82, 2.24) is 0 Å². The fraction of sp³-hybridized carbons (Fsp3) is 0.308. The van der Waals surface area contributed by atoms with Crippen molar-refractivity contribution in [2.75, 3.05) is 32.1 Å². The highest BCUT2D eigenvalue weighted by molar-refractivity contribution is 5.74. The van der Waals surface area contributed by atoms with Crippen LogP contribution in [0.1, 0.15) is 25.7 Å². The Kier molecular flexibility index (Phi) is 14.0. The second-order valence-corrected chi connectivity index (χ2v) is 7.58. The molecule has 0 aliphatic rings. The molecule has 2 aromatic rings. The number of hydrogen-bond donors (Lipinski definition) is 1. The Labute approximate surface area is 228 Å². The lowest BCUT2D eigenvalue weighted by molar-refractivity contribution is -0.171. The standard InChI is InChI=1S/C26H26N2O12/c29-15-27-19-5-3-7-21(11-19)35-13-25(33)39-17-37-23(31)9-1-2-10-24(32)38-18-40-26(34)14-36-22-8-4-6-20(12-22)28-16-30/h3-8,11-12,15H,1-2,9-10,13-14,17-18H2,(H,27,29). The smallest absolute Gasteiger partial charge is 0.347 e. The van der Waals surface area contributed by atoms with Gasteiger partial charge in [0.1, 0.15) is 11.5 Å². The van der Waals surface area contributed by atoms with Crippen LogP contribution in [-0.2, 0) is 47.7 Å². The first-order valence-corrected chi connectivity index (χ1v) is 11.8. The van der Waals surface area contributed by atoms with E-state index in [2.05, 4.69) is 10.3 Å². The number of nitrogens with one attached hydrogen (secondary N) is 1. The maximum Gasteiger partial charge on any atom is 0.347 e. The summed E-state index contributed by atoms with van der Waals surface area (Å²) in [6.45, 7) is -2.08. The minimum Gasteiger partial charge on any atom is -0.482 e. The van der Waals surface area contributed by atoms with Crippen LogP contribution in [0.2, 0.25) is 0 Å². The van der Waals surface area contributed by atoms with Crippen molar-refractivity contribution < 1.29 is 57.2 Å². The van der Waals surface area contributed by atoms with Crippen LogP contribution in [0.3, 0.4) is 0 Å². The normalized spacial score (nSPS) is 9.80. The molecular formula is C26H26N2O12. The fourth-order valence-corrected chi connectivity index (χ4v) is 2.81. The van der Waals surface area contributed by atoms with Gasteiger partial charge in [-0.2, -0.15) is 4.99 Å². The van der Waals surface area contributed by atoms with E-state index >= 15 is 0 Å². The van der Waals surface area contributed by atoms with Crippen molar-refractivity contribution in [3.63, 3.8) is 0 Å². The van der Waals surface area contributed by atoms with Gasteiger partial charge in [0.15, 0.2) is 13.2 Å². The van der Waals surface area contributed by atoms with Gasteiger partial charge in [-0.25, -0.2) is 14.4 Å². The third-order valence-electron chi connectivity index (χ3n) is 4.66. The minimum absolute atomic E-state index is 0.0243. The van der Waals surface area contributed by atoms with E-state index in [-0.39, 0.29) is 18.6 Å². The molecule has 0 spiro atoms. The lowest BCUT2D eigenvalue weighted by Gasteiger charge is -2.09. The van der Waals surface area contributed by atoms with Crippen LogP contribution in [0, 0.1) is 0 Å². The fourth-order valence-electron chi connectivity index (χ4n) is 2.81. The average molecular weight is 558 g/mol. The highest BCUT2D eigenvalue weighted by atomic mass is 16.7. The van der Waals surface area contributed by atoms with Crippen LogP contribution in [0.5, 0.6) is 11.5 Å². The molecule has 0 saturated heterocycles. The number of anilines is 1. The Morgan fingerprint density at radius 1 is 0.750 bits per heavy atom. The molecule has 14 heteroatoms.